The monoisotopic (exact) mass is 392 g/mol. The van der Waals surface area contributed by atoms with Crippen LogP contribution in [0.3, 0.4) is 0 Å². The second-order valence-electron chi connectivity index (χ2n) is 6.75. The summed E-state index contributed by atoms with van der Waals surface area (Å²) in [6, 6.07) is 1.73. The van der Waals surface area contributed by atoms with Gasteiger partial charge in [0.15, 0.2) is 0 Å². The molecule has 0 aromatic heterocycles. The highest BCUT2D eigenvalue weighted by Crippen LogP contribution is 2.22. The largest absolute Gasteiger partial charge is 0.306 e. The zero-order valence-electron chi connectivity index (χ0n) is 12.8. The summed E-state index contributed by atoms with van der Waals surface area (Å²) in [6.07, 6.45) is 5.50. The number of likely N-dealkylation sites (tertiary alicyclic amines) is 1. The van der Waals surface area contributed by atoms with Crippen LogP contribution in [0.1, 0.15) is 25.7 Å². The molecule has 0 atom stereocenters. The van der Waals surface area contributed by atoms with Gasteiger partial charge >= 0.3 is 0 Å². The molecule has 3 aliphatic rings. The summed E-state index contributed by atoms with van der Waals surface area (Å²) in [7, 11) is 2.26. The van der Waals surface area contributed by atoms with Crippen molar-refractivity contribution in [3.8, 4) is 0 Å². The van der Waals surface area contributed by atoms with Gasteiger partial charge in [0.25, 0.3) is 0 Å². The summed E-state index contributed by atoms with van der Waals surface area (Å²) in [5, 5.41) is 0. The van der Waals surface area contributed by atoms with Crippen LogP contribution < -0.4 is 0 Å². The van der Waals surface area contributed by atoms with E-state index in [0.717, 1.165) is 12.1 Å². The van der Waals surface area contributed by atoms with Gasteiger partial charge in [0, 0.05) is 74.2 Å². The predicted octanol–water partition coefficient (Wildman–Crippen LogP) is 1.51. The van der Waals surface area contributed by atoms with Crippen molar-refractivity contribution in [3.05, 3.63) is 0 Å². The summed E-state index contributed by atoms with van der Waals surface area (Å²) in [5.74, 6) is 0. The van der Waals surface area contributed by atoms with Crippen LogP contribution in [-0.4, -0.2) is 89.3 Å². The molecule has 3 rings (SSSR count). The molecule has 3 fully saturated rings. The lowest BCUT2D eigenvalue weighted by atomic mass is 10.0. The van der Waals surface area contributed by atoms with Gasteiger partial charge in [-0.3, -0.25) is 9.80 Å². The molecule has 0 bridgehead atoms. The maximum Gasteiger partial charge on any atom is 0.0201 e. The zero-order chi connectivity index (χ0) is 13.9. The van der Waals surface area contributed by atoms with E-state index in [-0.39, 0.29) is 0 Å². The van der Waals surface area contributed by atoms with Gasteiger partial charge in [-0.1, -0.05) is 0 Å². The van der Waals surface area contributed by atoms with Crippen LogP contribution in [0.2, 0.25) is 0 Å². The van der Waals surface area contributed by atoms with Crippen molar-refractivity contribution >= 4 is 22.9 Å². The number of hydrogen-bond acceptors (Lipinski definition) is 4. The van der Waals surface area contributed by atoms with Crippen LogP contribution in [0, 0.1) is 0 Å². The fourth-order valence-electron chi connectivity index (χ4n) is 4.03. The number of piperidine rings is 2. The Labute approximate surface area is 137 Å². The second kappa shape index (κ2) is 7.22. The topological polar surface area (TPSA) is 13.0 Å². The Kier molecular flexibility index (Phi) is 5.58. The molecular formula is C15H29IN4. The molecule has 0 amide bonds. The van der Waals surface area contributed by atoms with Gasteiger partial charge < -0.3 is 4.90 Å². The van der Waals surface area contributed by atoms with Gasteiger partial charge in [0.1, 0.15) is 0 Å². The van der Waals surface area contributed by atoms with Crippen LogP contribution in [0.15, 0.2) is 0 Å². The summed E-state index contributed by atoms with van der Waals surface area (Å²) < 4.78 is 2.45. The maximum absolute atomic E-state index is 2.77. The third-order valence-corrected chi connectivity index (χ3v) is 6.44. The smallest absolute Gasteiger partial charge is 0.0201 e. The Balaban J connectivity index is 1.42. The average molecular weight is 392 g/mol. The normalized spacial score (nSPS) is 30.9. The molecule has 0 aromatic carbocycles. The van der Waals surface area contributed by atoms with Crippen molar-refractivity contribution in [2.45, 2.75) is 37.8 Å². The Morgan fingerprint density at radius 3 is 1.50 bits per heavy atom. The van der Waals surface area contributed by atoms with Gasteiger partial charge in [-0.25, -0.2) is 3.11 Å². The molecule has 0 unspecified atom stereocenters. The van der Waals surface area contributed by atoms with Crippen LogP contribution in [-0.2, 0) is 0 Å². The molecule has 116 valence electrons. The quantitative estimate of drug-likeness (QED) is 0.522. The van der Waals surface area contributed by atoms with Crippen molar-refractivity contribution in [3.63, 3.8) is 0 Å². The Morgan fingerprint density at radius 2 is 1.05 bits per heavy atom. The van der Waals surface area contributed by atoms with Gasteiger partial charge in [-0.05, 0) is 45.8 Å². The minimum absolute atomic E-state index is 0.862. The summed E-state index contributed by atoms with van der Waals surface area (Å²) >= 11 is 2.47. The molecule has 0 radical (unpaired) electrons. The van der Waals surface area contributed by atoms with E-state index in [1.165, 1.54) is 78.0 Å². The van der Waals surface area contributed by atoms with Crippen LogP contribution in [0.25, 0.3) is 0 Å². The SMILES string of the molecule is CN1CCC(N2CCN(C3CCN(I)CC3)CC2)CC1. The van der Waals surface area contributed by atoms with Crippen molar-refractivity contribution in [2.75, 3.05) is 59.4 Å². The molecule has 0 N–H and O–H groups in total. The summed E-state index contributed by atoms with van der Waals surface area (Å²) in [4.78, 5) is 8.02. The van der Waals surface area contributed by atoms with E-state index in [4.69, 9.17) is 0 Å². The Hall–Kier alpha value is 0.570. The Bertz CT molecular complexity index is 260. The third kappa shape index (κ3) is 3.85. The molecule has 3 saturated heterocycles. The lowest BCUT2D eigenvalue weighted by Crippen LogP contribution is -2.56. The zero-order valence-corrected chi connectivity index (χ0v) is 15.0. The van der Waals surface area contributed by atoms with E-state index >= 15 is 0 Å². The fourth-order valence-corrected chi connectivity index (χ4v) is 4.58. The molecule has 0 aliphatic carbocycles. The van der Waals surface area contributed by atoms with Gasteiger partial charge in [0.05, 0.1) is 0 Å². The van der Waals surface area contributed by atoms with Crippen molar-refractivity contribution in [2.24, 2.45) is 0 Å². The fraction of sp³-hybridized carbons (Fsp3) is 1.00. The average Bonchev–Trinajstić information content (AvgIpc) is 2.49. The van der Waals surface area contributed by atoms with Crippen molar-refractivity contribution < 1.29 is 0 Å². The molecule has 0 spiro atoms. The Morgan fingerprint density at radius 1 is 0.650 bits per heavy atom. The van der Waals surface area contributed by atoms with Gasteiger partial charge in [-0.2, -0.15) is 0 Å². The second-order valence-corrected chi connectivity index (χ2v) is 8.11. The summed E-state index contributed by atoms with van der Waals surface area (Å²) in [5.41, 5.74) is 0. The van der Waals surface area contributed by atoms with Gasteiger partial charge in [0.2, 0.25) is 0 Å². The number of hydrogen-bond donors (Lipinski definition) is 0. The maximum atomic E-state index is 2.77. The molecule has 20 heavy (non-hydrogen) atoms. The van der Waals surface area contributed by atoms with Crippen LogP contribution in [0.5, 0.6) is 0 Å². The number of piperazine rings is 1. The van der Waals surface area contributed by atoms with E-state index in [9.17, 15) is 0 Å². The first kappa shape index (κ1) is 15.5. The van der Waals surface area contributed by atoms with E-state index in [1.54, 1.807) is 0 Å². The molecule has 0 saturated carbocycles. The van der Waals surface area contributed by atoms with Crippen LogP contribution in [0.4, 0.5) is 0 Å². The third-order valence-electron chi connectivity index (χ3n) is 5.48. The molecule has 5 heteroatoms. The van der Waals surface area contributed by atoms with Crippen molar-refractivity contribution in [1.82, 2.24) is 17.8 Å². The van der Waals surface area contributed by atoms with E-state index in [0.29, 0.717) is 0 Å². The lowest BCUT2D eigenvalue weighted by molar-refractivity contribution is 0.0364. The molecule has 3 aliphatic heterocycles. The minimum atomic E-state index is 0.862. The lowest BCUT2D eigenvalue weighted by Gasteiger charge is -2.45. The molecule has 0 aromatic rings. The summed E-state index contributed by atoms with van der Waals surface area (Å²) in [6.45, 7) is 10.4. The number of rotatable bonds is 2. The van der Waals surface area contributed by atoms with E-state index in [2.05, 4.69) is 47.7 Å². The molecular weight excluding hydrogens is 363 g/mol. The van der Waals surface area contributed by atoms with Gasteiger partial charge in [-0.15, -0.1) is 0 Å². The van der Waals surface area contributed by atoms with Crippen molar-refractivity contribution in [1.29, 1.82) is 0 Å². The van der Waals surface area contributed by atoms with E-state index < -0.39 is 0 Å². The minimum Gasteiger partial charge on any atom is -0.306 e. The predicted molar refractivity (Wildman–Crippen MR) is 92.3 cm³/mol. The number of halogens is 1. The highest BCUT2D eigenvalue weighted by Gasteiger charge is 2.30. The highest BCUT2D eigenvalue weighted by atomic mass is 127. The molecule has 3 heterocycles. The van der Waals surface area contributed by atoms with E-state index in [1.807, 2.05) is 0 Å². The molecule has 4 nitrogen and oxygen atoms in total. The first-order chi connectivity index (χ1) is 9.72. The standard InChI is InChI=1S/C15H29IN4/c1-17-6-2-14(3-7-17)18-10-12-19(13-11-18)15-4-8-20(16)9-5-15/h14-15H,2-13H2,1H3. The first-order valence-corrected chi connectivity index (χ1v) is 9.26. The first-order valence-electron chi connectivity index (χ1n) is 8.30. The number of nitrogens with zero attached hydrogens (tertiary/aromatic N) is 4. The van der Waals surface area contributed by atoms with Crippen LogP contribution >= 0.6 is 22.9 Å². The highest BCUT2D eigenvalue weighted by molar-refractivity contribution is 14.1.